The second-order valence-corrected chi connectivity index (χ2v) is 10.7. The standard InChI is InChI=1S/C32H42N6O3/c1-23-11-13-27(24(2)21-23)35-32(40)34-25-12-14-28(26(22-25)31(39)33-15-8-16-36(3)4)37-17-19-38(20-18-37)29-9-6-7-10-30(29)41-5/h6-7,9-14,21-22H,8,15-20H2,1-5H3,(H,33,39)(H2,34,35,40). The number of hydrogen-bond donors (Lipinski definition) is 3. The van der Waals surface area contributed by atoms with Crippen molar-refractivity contribution in [1.82, 2.24) is 10.2 Å². The van der Waals surface area contributed by atoms with E-state index < -0.39 is 0 Å². The number of rotatable bonds is 10. The molecule has 0 atom stereocenters. The molecule has 0 bridgehead atoms. The molecular formula is C32H42N6O3. The van der Waals surface area contributed by atoms with Crippen molar-refractivity contribution in [2.75, 3.05) is 80.9 Å². The average molecular weight is 559 g/mol. The summed E-state index contributed by atoms with van der Waals surface area (Å²) in [4.78, 5) is 32.9. The Balaban J connectivity index is 1.50. The lowest BCUT2D eigenvalue weighted by Gasteiger charge is -2.38. The number of ether oxygens (including phenoxy) is 1. The second-order valence-electron chi connectivity index (χ2n) is 10.7. The molecule has 0 saturated carbocycles. The molecule has 1 saturated heterocycles. The first-order valence-electron chi connectivity index (χ1n) is 14.1. The maximum absolute atomic E-state index is 13.4. The number of carbonyl (C=O) groups excluding carboxylic acids is 2. The summed E-state index contributed by atoms with van der Waals surface area (Å²) in [6.07, 6.45) is 0.849. The molecule has 9 nitrogen and oxygen atoms in total. The van der Waals surface area contributed by atoms with Crippen molar-refractivity contribution in [2.45, 2.75) is 20.3 Å². The normalized spacial score (nSPS) is 13.2. The van der Waals surface area contributed by atoms with Crippen LogP contribution in [0.3, 0.4) is 0 Å². The fourth-order valence-corrected chi connectivity index (χ4v) is 5.08. The summed E-state index contributed by atoms with van der Waals surface area (Å²) in [7, 11) is 5.72. The summed E-state index contributed by atoms with van der Waals surface area (Å²) >= 11 is 0. The Labute approximate surface area is 243 Å². The van der Waals surface area contributed by atoms with Crippen LogP contribution in [0.2, 0.25) is 0 Å². The van der Waals surface area contributed by atoms with E-state index in [0.717, 1.165) is 73.1 Å². The van der Waals surface area contributed by atoms with Crippen molar-refractivity contribution in [1.29, 1.82) is 0 Å². The number of anilines is 4. The van der Waals surface area contributed by atoms with Gasteiger partial charge in [-0.3, -0.25) is 4.79 Å². The summed E-state index contributed by atoms with van der Waals surface area (Å²) in [6.45, 7) is 8.53. The molecule has 1 fully saturated rings. The predicted octanol–water partition coefficient (Wildman–Crippen LogP) is 4.96. The van der Waals surface area contributed by atoms with E-state index >= 15 is 0 Å². The van der Waals surface area contributed by atoms with Crippen LogP contribution in [0.5, 0.6) is 5.75 Å². The summed E-state index contributed by atoms with van der Waals surface area (Å²) < 4.78 is 5.57. The van der Waals surface area contributed by atoms with Crippen molar-refractivity contribution in [3.63, 3.8) is 0 Å². The molecule has 9 heteroatoms. The third-order valence-corrected chi connectivity index (χ3v) is 7.24. The van der Waals surface area contributed by atoms with Gasteiger partial charge in [0, 0.05) is 49.8 Å². The number of piperazine rings is 1. The van der Waals surface area contributed by atoms with E-state index in [1.54, 1.807) is 13.2 Å². The maximum Gasteiger partial charge on any atom is 0.323 e. The number of hydrogen-bond acceptors (Lipinski definition) is 6. The maximum atomic E-state index is 13.4. The molecule has 0 unspecified atom stereocenters. The summed E-state index contributed by atoms with van der Waals surface area (Å²) in [5.41, 5.74) is 5.90. The number of benzene rings is 3. The van der Waals surface area contributed by atoms with Crippen molar-refractivity contribution >= 4 is 34.7 Å². The highest BCUT2D eigenvalue weighted by Gasteiger charge is 2.24. The highest BCUT2D eigenvalue weighted by atomic mass is 16.5. The van der Waals surface area contributed by atoms with E-state index in [1.807, 2.05) is 76.5 Å². The molecule has 3 aromatic rings. The monoisotopic (exact) mass is 558 g/mol. The molecule has 1 heterocycles. The second kappa shape index (κ2) is 13.9. The van der Waals surface area contributed by atoms with Gasteiger partial charge in [0.15, 0.2) is 0 Å². The largest absolute Gasteiger partial charge is 0.495 e. The van der Waals surface area contributed by atoms with Crippen molar-refractivity contribution in [3.05, 3.63) is 77.4 Å². The van der Waals surface area contributed by atoms with Crippen LogP contribution < -0.4 is 30.5 Å². The lowest BCUT2D eigenvalue weighted by molar-refractivity contribution is 0.0952. The van der Waals surface area contributed by atoms with E-state index in [1.165, 1.54) is 0 Å². The van der Waals surface area contributed by atoms with Crippen molar-refractivity contribution in [3.8, 4) is 5.75 Å². The Morgan fingerprint density at radius 2 is 1.59 bits per heavy atom. The number of aryl methyl sites for hydroxylation is 2. The number of para-hydroxylation sites is 2. The molecule has 1 aliphatic rings. The van der Waals surface area contributed by atoms with Gasteiger partial charge in [0.2, 0.25) is 0 Å². The molecule has 0 aliphatic carbocycles. The van der Waals surface area contributed by atoms with Crippen molar-refractivity contribution in [2.24, 2.45) is 0 Å². The molecule has 41 heavy (non-hydrogen) atoms. The van der Waals surface area contributed by atoms with Gasteiger partial charge in [0.25, 0.3) is 5.91 Å². The fraction of sp³-hybridized carbons (Fsp3) is 0.375. The van der Waals surface area contributed by atoms with E-state index in [0.29, 0.717) is 17.8 Å². The minimum Gasteiger partial charge on any atom is -0.495 e. The van der Waals surface area contributed by atoms with Crippen LogP contribution in [0, 0.1) is 13.8 Å². The zero-order valence-electron chi connectivity index (χ0n) is 24.8. The average Bonchev–Trinajstić information content (AvgIpc) is 2.96. The Morgan fingerprint density at radius 1 is 0.878 bits per heavy atom. The van der Waals surface area contributed by atoms with Crippen LogP contribution in [0.25, 0.3) is 0 Å². The molecule has 3 aromatic carbocycles. The zero-order valence-corrected chi connectivity index (χ0v) is 24.8. The third-order valence-electron chi connectivity index (χ3n) is 7.24. The van der Waals surface area contributed by atoms with Crippen LogP contribution in [0.15, 0.2) is 60.7 Å². The van der Waals surface area contributed by atoms with Crippen LogP contribution in [-0.2, 0) is 0 Å². The lowest BCUT2D eigenvalue weighted by Crippen LogP contribution is -2.47. The van der Waals surface area contributed by atoms with Gasteiger partial charge < -0.3 is 35.4 Å². The Morgan fingerprint density at radius 3 is 2.27 bits per heavy atom. The number of amides is 3. The van der Waals surface area contributed by atoms with Gasteiger partial charge in [-0.25, -0.2) is 4.79 Å². The lowest BCUT2D eigenvalue weighted by atomic mass is 10.1. The Kier molecular flexibility index (Phi) is 10.1. The SMILES string of the molecule is COc1ccccc1N1CCN(c2ccc(NC(=O)Nc3ccc(C)cc3C)cc2C(=O)NCCCN(C)C)CC1. The van der Waals surface area contributed by atoms with E-state index in [-0.39, 0.29) is 11.9 Å². The van der Waals surface area contributed by atoms with Gasteiger partial charge >= 0.3 is 6.03 Å². The van der Waals surface area contributed by atoms with E-state index in [4.69, 9.17) is 4.74 Å². The number of nitrogens with one attached hydrogen (secondary N) is 3. The van der Waals surface area contributed by atoms with Gasteiger partial charge in [-0.2, -0.15) is 0 Å². The quantitative estimate of drug-likeness (QED) is 0.305. The number of methoxy groups -OCH3 is 1. The first kappa shape index (κ1) is 29.7. The molecule has 4 rings (SSSR count). The summed E-state index contributed by atoms with van der Waals surface area (Å²) in [6, 6.07) is 19.1. The first-order valence-corrected chi connectivity index (χ1v) is 14.1. The van der Waals surface area contributed by atoms with Crippen molar-refractivity contribution < 1.29 is 14.3 Å². The molecule has 3 amide bonds. The highest BCUT2D eigenvalue weighted by Crippen LogP contribution is 2.31. The van der Waals surface area contributed by atoms with Crippen LogP contribution in [-0.4, -0.2) is 77.3 Å². The van der Waals surface area contributed by atoms with E-state index in [9.17, 15) is 9.59 Å². The molecule has 1 aliphatic heterocycles. The highest BCUT2D eigenvalue weighted by molar-refractivity contribution is 6.04. The smallest absolute Gasteiger partial charge is 0.323 e. The molecule has 3 N–H and O–H groups in total. The van der Waals surface area contributed by atoms with Gasteiger partial charge in [-0.05, 0) is 82.9 Å². The minimum absolute atomic E-state index is 0.149. The summed E-state index contributed by atoms with van der Waals surface area (Å²) in [5.74, 6) is 0.706. The number of carbonyl (C=O) groups is 2. The first-order chi connectivity index (χ1) is 19.7. The molecule has 218 valence electrons. The molecule has 0 radical (unpaired) electrons. The van der Waals surface area contributed by atoms with E-state index in [2.05, 4.69) is 36.7 Å². The van der Waals surface area contributed by atoms with Gasteiger partial charge in [0.1, 0.15) is 5.75 Å². The Bertz CT molecular complexity index is 1350. The number of nitrogens with zero attached hydrogens (tertiary/aromatic N) is 3. The zero-order chi connectivity index (χ0) is 29.4. The Hall–Kier alpha value is -4.24. The molecule has 0 aromatic heterocycles. The van der Waals surface area contributed by atoms with Gasteiger partial charge in [-0.15, -0.1) is 0 Å². The predicted molar refractivity (Wildman–Crippen MR) is 168 cm³/mol. The molecule has 0 spiro atoms. The van der Waals surface area contributed by atoms with Crippen LogP contribution >= 0.6 is 0 Å². The van der Waals surface area contributed by atoms with Crippen LogP contribution in [0.1, 0.15) is 27.9 Å². The van der Waals surface area contributed by atoms with Gasteiger partial charge in [-0.1, -0.05) is 29.8 Å². The third kappa shape index (κ3) is 7.91. The van der Waals surface area contributed by atoms with Gasteiger partial charge in [0.05, 0.1) is 18.4 Å². The summed E-state index contributed by atoms with van der Waals surface area (Å²) in [5, 5.41) is 8.89. The topological polar surface area (TPSA) is 89.2 Å². The van der Waals surface area contributed by atoms with Crippen LogP contribution in [0.4, 0.5) is 27.5 Å². The fourth-order valence-electron chi connectivity index (χ4n) is 5.08. The molecular weight excluding hydrogens is 516 g/mol. The minimum atomic E-state index is -0.354. The number of urea groups is 1.